The van der Waals surface area contributed by atoms with Gasteiger partial charge in [-0.2, -0.15) is 10.2 Å². The zero-order valence-electron chi connectivity index (χ0n) is 14.1. The Balaban J connectivity index is 2.16. The first-order chi connectivity index (χ1) is 11.9. The molecule has 2 rings (SSSR count). The summed E-state index contributed by atoms with van der Waals surface area (Å²) in [5.74, 6) is -1.14. The highest BCUT2D eigenvalue weighted by molar-refractivity contribution is 5.99. The lowest BCUT2D eigenvalue weighted by molar-refractivity contribution is -0.385. The minimum atomic E-state index is -0.643. The van der Waals surface area contributed by atoms with Crippen molar-refractivity contribution in [1.82, 2.24) is 19.6 Å². The molecular weight excluding hydrogens is 332 g/mol. The average molecular weight is 350 g/mol. The number of aromatic nitrogens is 4. The van der Waals surface area contributed by atoms with E-state index < -0.39 is 16.8 Å². The number of hydrogen-bond acceptors (Lipinski definition) is 7. The Hall–Kier alpha value is -3.24. The number of nitro groups is 1. The maximum atomic E-state index is 12.2. The van der Waals surface area contributed by atoms with Crippen LogP contribution in [-0.4, -0.2) is 43.0 Å². The highest BCUT2D eigenvalue weighted by Crippen LogP contribution is 2.18. The van der Waals surface area contributed by atoms with Crippen LogP contribution in [0.25, 0.3) is 0 Å². The number of amides is 1. The van der Waals surface area contributed by atoms with E-state index in [9.17, 15) is 19.7 Å². The summed E-state index contributed by atoms with van der Waals surface area (Å²) >= 11 is 0. The number of rotatable bonds is 7. The molecule has 0 bridgehead atoms. The smallest absolute Gasteiger partial charge is 0.361 e. The molecule has 0 saturated heterocycles. The Bertz CT molecular complexity index is 809. The van der Waals surface area contributed by atoms with Gasteiger partial charge in [0, 0.05) is 12.7 Å². The number of nitrogens with one attached hydrogen (secondary N) is 1. The quantitative estimate of drug-likeness (QED) is 0.449. The molecule has 0 aromatic carbocycles. The maximum absolute atomic E-state index is 12.2. The molecule has 1 N–H and O–H groups in total. The van der Waals surface area contributed by atoms with Gasteiger partial charge in [0.1, 0.15) is 18.4 Å². The summed E-state index contributed by atoms with van der Waals surface area (Å²) in [6, 6.07) is 0. The molecule has 0 fully saturated rings. The molecule has 2 aromatic rings. The Labute approximate surface area is 142 Å². The first-order valence-corrected chi connectivity index (χ1v) is 7.58. The maximum Gasteiger partial charge on any atom is 0.361 e. The average Bonchev–Trinajstić information content (AvgIpc) is 3.12. The third-order valence-electron chi connectivity index (χ3n) is 3.40. The predicted molar refractivity (Wildman–Crippen MR) is 86.1 cm³/mol. The molecule has 0 atom stereocenters. The van der Waals surface area contributed by atoms with Crippen molar-refractivity contribution in [2.75, 3.05) is 11.9 Å². The van der Waals surface area contributed by atoms with Crippen LogP contribution in [0.2, 0.25) is 0 Å². The number of nitrogens with zero attached hydrogens (tertiary/aromatic N) is 5. The first-order valence-electron chi connectivity index (χ1n) is 7.58. The predicted octanol–water partition coefficient (Wildman–Crippen LogP) is 1.13. The standard InChI is InChI=1S/C14H18N6O5/c1-4-18-7-10(13(17-18)14(22)25-5-2)16-12(21)8-19-9(3)11(6-15-19)20(23)24/h6-7H,4-5,8H2,1-3H3,(H,16,21). The van der Waals surface area contributed by atoms with Crippen molar-refractivity contribution >= 4 is 23.3 Å². The van der Waals surface area contributed by atoms with Crippen LogP contribution in [0.3, 0.4) is 0 Å². The number of ether oxygens (including phenoxy) is 1. The largest absolute Gasteiger partial charge is 0.461 e. The second-order valence-corrected chi connectivity index (χ2v) is 5.05. The molecular formula is C14H18N6O5. The molecule has 1 amide bonds. The van der Waals surface area contributed by atoms with Gasteiger partial charge < -0.3 is 10.1 Å². The van der Waals surface area contributed by atoms with E-state index in [0.717, 1.165) is 6.20 Å². The Kier molecular flexibility index (Phi) is 5.47. The molecule has 0 aliphatic rings. The number of anilines is 1. The molecule has 0 unspecified atom stereocenters. The third kappa shape index (κ3) is 4.00. The lowest BCUT2D eigenvalue weighted by Crippen LogP contribution is -2.21. The van der Waals surface area contributed by atoms with E-state index in [1.54, 1.807) is 6.92 Å². The lowest BCUT2D eigenvalue weighted by atomic mass is 10.3. The lowest BCUT2D eigenvalue weighted by Gasteiger charge is -2.06. The topological polar surface area (TPSA) is 134 Å². The van der Waals surface area contributed by atoms with Crippen LogP contribution in [0.4, 0.5) is 11.4 Å². The summed E-state index contributed by atoms with van der Waals surface area (Å²) in [6.45, 7) is 5.45. The number of hydrogen-bond donors (Lipinski definition) is 1. The fourth-order valence-electron chi connectivity index (χ4n) is 2.13. The van der Waals surface area contributed by atoms with E-state index in [1.165, 1.54) is 22.5 Å². The number of esters is 1. The Morgan fingerprint density at radius 2 is 2.12 bits per heavy atom. The van der Waals surface area contributed by atoms with Crippen molar-refractivity contribution in [1.29, 1.82) is 0 Å². The first kappa shape index (κ1) is 18.1. The molecule has 0 aliphatic carbocycles. The van der Waals surface area contributed by atoms with Gasteiger partial charge in [-0.15, -0.1) is 0 Å². The van der Waals surface area contributed by atoms with Gasteiger partial charge in [0.15, 0.2) is 5.69 Å². The van der Waals surface area contributed by atoms with Gasteiger partial charge in [-0.05, 0) is 20.8 Å². The highest BCUT2D eigenvalue weighted by Gasteiger charge is 2.21. The van der Waals surface area contributed by atoms with Crippen LogP contribution >= 0.6 is 0 Å². The summed E-state index contributed by atoms with van der Waals surface area (Å²) in [5.41, 5.74) is 0.304. The van der Waals surface area contributed by atoms with Crippen molar-refractivity contribution < 1.29 is 19.2 Å². The van der Waals surface area contributed by atoms with Crippen LogP contribution < -0.4 is 5.32 Å². The molecule has 11 nitrogen and oxygen atoms in total. The SMILES string of the molecule is CCOC(=O)c1nn(CC)cc1NC(=O)Cn1ncc([N+](=O)[O-])c1C. The summed E-state index contributed by atoms with van der Waals surface area (Å²) in [5, 5.41) is 21.3. The van der Waals surface area contributed by atoms with Crippen molar-refractivity contribution in [2.45, 2.75) is 33.9 Å². The Morgan fingerprint density at radius 1 is 1.40 bits per heavy atom. The number of carbonyl (C=O) groups excluding carboxylic acids is 2. The fraction of sp³-hybridized carbons (Fsp3) is 0.429. The number of aryl methyl sites for hydroxylation is 1. The second kappa shape index (κ2) is 7.55. The van der Waals surface area contributed by atoms with Gasteiger partial charge in [0.2, 0.25) is 5.91 Å². The molecule has 0 spiro atoms. The van der Waals surface area contributed by atoms with Crippen LogP contribution in [0.1, 0.15) is 30.0 Å². The Morgan fingerprint density at radius 3 is 2.68 bits per heavy atom. The van der Waals surface area contributed by atoms with Crippen LogP contribution in [0.15, 0.2) is 12.4 Å². The molecule has 0 saturated carbocycles. The van der Waals surface area contributed by atoms with Crippen molar-refractivity contribution in [2.24, 2.45) is 0 Å². The fourth-order valence-corrected chi connectivity index (χ4v) is 2.13. The zero-order chi connectivity index (χ0) is 18.6. The van der Waals surface area contributed by atoms with Gasteiger partial charge in [-0.1, -0.05) is 0 Å². The minimum absolute atomic E-state index is 0.000202. The summed E-state index contributed by atoms with van der Waals surface area (Å²) in [6.07, 6.45) is 2.60. The highest BCUT2D eigenvalue weighted by atomic mass is 16.6. The van der Waals surface area contributed by atoms with E-state index in [2.05, 4.69) is 15.5 Å². The zero-order valence-corrected chi connectivity index (χ0v) is 14.1. The van der Waals surface area contributed by atoms with Crippen molar-refractivity contribution in [3.8, 4) is 0 Å². The van der Waals surface area contributed by atoms with E-state index in [-0.39, 0.29) is 35.9 Å². The summed E-state index contributed by atoms with van der Waals surface area (Å²) in [4.78, 5) is 34.4. The molecule has 134 valence electrons. The molecule has 2 heterocycles. The molecule has 0 radical (unpaired) electrons. The summed E-state index contributed by atoms with van der Waals surface area (Å²) < 4.78 is 7.62. The van der Waals surface area contributed by atoms with E-state index >= 15 is 0 Å². The number of carbonyl (C=O) groups is 2. The van der Waals surface area contributed by atoms with Crippen LogP contribution in [-0.2, 0) is 22.6 Å². The third-order valence-corrected chi connectivity index (χ3v) is 3.40. The van der Waals surface area contributed by atoms with Gasteiger partial charge >= 0.3 is 11.7 Å². The van der Waals surface area contributed by atoms with Gasteiger partial charge in [-0.25, -0.2) is 4.79 Å². The van der Waals surface area contributed by atoms with Gasteiger partial charge in [0.25, 0.3) is 0 Å². The monoisotopic (exact) mass is 350 g/mol. The molecule has 0 aliphatic heterocycles. The normalized spacial score (nSPS) is 10.5. The molecule has 25 heavy (non-hydrogen) atoms. The van der Waals surface area contributed by atoms with Crippen LogP contribution in [0.5, 0.6) is 0 Å². The summed E-state index contributed by atoms with van der Waals surface area (Å²) in [7, 11) is 0. The van der Waals surface area contributed by atoms with Gasteiger partial charge in [-0.3, -0.25) is 24.3 Å². The van der Waals surface area contributed by atoms with E-state index in [1.807, 2.05) is 6.92 Å². The molecule has 11 heteroatoms. The van der Waals surface area contributed by atoms with E-state index in [0.29, 0.717) is 6.54 Å². The van der Waals surface area contributed by atoms with Crippen molar-refractivity contribution in [3.63, 3.8) is 0 Å². The second-order valence-electron chi connectivity index (χ2n) is 5.05. The van der Waals surface area contributed by atoms with Crippen molar-refractivity contribution in [3.05, 3.63) is 33.9 Å². The van der Waals surface area contributed by atoms with E-state index in [4.69, 9.17) is 4.74 Å². The van der Waals surface area contributed by atoms with Gasteiger partial charge in [0.05, 0.1) is 17.2 Å². The minimum Gasteiger partial charge on any atom is -0.461 e. The molecule has 2 aromatic heterocycles. The van der Waals surface area contributed by atoms with Crippen LogP contribution in [0, 0.1) is 17.0 Å².